The Labute approximate surface area is 129 Å². The summed E-state index contributed by atoms with van der Waals surface area (Å²) < 4.78 is 39.6. The standard InChI is InChI=1S/C14H16F3N3O3/c15-14(16,17)11-6-10(20(19-11)7-4-5-7)12(21)18-9-3-1-2-8(9)13(22)23/h6-9H,1-5H2,(H,18,21)(H,22,23). The molecule has 2 N–H and O–H groups in total. The van der Waals surface area contributed by atoms with Crippen LogP contribution in [0.25, 0.3) is 0 Å². The Bertz CT molecular complexity index is 637. The molecule has 1 heterocycles. The Morgan fingerprint density at radius 3 is 2.52 bits per heavy atom. The average molecular weight is 331 g/mol. The van der Waals surface area contributed by atoms with Gasteiger partial charge in [-0.25, -0.2) is 0 Å². The SMILES string of the molecule is O=C(NC1CCCC1C(=O)O)c1cc(C(F)(F)F)nn1C1CC1. The van der Waals surface area contributed by atoms with Crippen molar-refractivity contribution in [3.63, 3.8) is 0 Å². The average Bonchev–Trinajstić information content (AvgIpc) is 3.00. The van der Waals surface area contributed by atoms with E-state index in [9.17, 15) is 22.8 Å². The first kappa shape index (κ1) is 15.8. The van der Waals surface area contributed by atoms with E-state index in [0.29, 0.717) is 32.1 Å². The van der Waals surface area contributed by atoms with E-state index in [-0.39, 0.29) is 11.7 Å². The Hall–Kier alpha value is -2.06. The molecule has 0 saturated heterocycles. The van der Waals surface area contributed by atoms with Crippen LogP contribution in [0.5, 0.6) is 0 Å². The first-order chi connectivity index (χ1) is 10.8. The maximum Gasteiger partial charge on any atom is 0.435 e. The third-order valence-electron chi connectivity index (χ3n) is 4.30. The van der Waals surface area contributed by atoms with Crippen molar-refractivity contribution in [2.45, 2.75) is 50.4 Å². The van der Waals surface area contributed by atoms with E-state index in [4.69, 9.17) is 5.11 Å². The maximum atomic E-state index is 12.8. The number of halogens is 3. The second-order valence-electron chi connectivity index (χ2n) is 6.04. The number of rotatable bonds is 4. The highest BCUT2D eigenvalue weighted by Crippen LogP contribution is 2.38. The fraction of sp³-hybridized carbons (Fsp3) is 0.643. The van der Waals surface area contributed by atoms with Crippen molar-refractivity contribution in [2.75, 3.05) is 0 Å². The van der Waals surface area contributed by atoms with E-state index in [1.54, 1.807) is 0 Å². The molecule has 0 spiro atoms. The Morgan fingerprint density at radius 1 is 1.26 bits per heavy atom. The first-order valence-electron chi connectivity index (χ1n) is 7.48. The molecular formula is C14H16F3N3O3. The molecule has 0 bridgehead atoms. The van der Waals surface area contributed by atoms with Crippen LogP contribution >= 0.6 is 0 Å². The number of hydrogen-bond acceptors (Lipinski definition) is 3. The van der Waals surface area contributed by atoms with E-state index in [1.807, 2.05) is 0 Å². The number of alkyl halides is 3. The smallest absolute Gasteiger partial charge is 0.435 e. The molecule has 9 heteroatoms. The summed E-state index contributed by atoms with van der Waals surface area (Å²) in [5.74, 6) is -2.39. The van der Waals surface area contributed by atoms with E-state index in [1.165, 1.54) is 0 Å². The minimum absolute atomic E-state index is 0.157. The predicted octanol–water partition coefficient (Wildman–Crippen LogP) is 2.22. The van der Waals surface area contributed by atoms with Crippen LogP contribution in [0.3, 0.4) is 0 Å². The molecule has 2 aliphatic carbocycles. The zero-order valence-electron chi connectivity index (χ0n) is 12.1. The molecule has 3 rings (SSSR count). The Morgan fingerprint density at radius 2 is 1.96 bits per heavy atom. The molecule has 1 aromatic rings. The van der Waals surface area contributed by atoms with Crippen molar-refractivity contribution in [1.82, 2.24) is 15.1 Å². The molecular weight excluding hydrogens is 315 g/mol. The molecule has 1 aromatic heterocycles. The highest BCUT2D eigenvalue weighted by molar-refractivity contribution is 5.93. The number of carboxylic acids is 1. The van der Waals surface area contributed by atoms with Gasteiger partial charge < -0.3 is 10.4 Å². The number of hydrogen-bond donors (Lipinski definition) is 2. The molecule has 2 saturated carbocycles. The summed E-state index contributed by atoms with van der Waals surface area (Å²) in [5, 5.41) is 15.2. The van der Waals surface area contributed by atoms with Gasteiger partial charge in [0.15, 0.2) is 5.69 Å². The lowest BCUT2D eigenvalue weighted by Crippen LogP contribution is -2.40. The van der Waals surface area contributed by atoms with Crippen LogP contribution < -0.4 is 5.32 Å². The van der Waals surface area contributed by atoms with E-state index in [0.717, 1.165) is 10.7 Å². The van der Waals surface area contributed by atoms with Crippen LogP contribution in [0.2, 0.25) is 0 Å². The van der Waals surface area contributed by atoms with Crippen LogP contribution in [0, 0.1) is 5.92 Å². The predicted molar refractivity (Wildman–Crippen MR) is 71.7 cm³/mol. The van der Waals surface area contributed by atoms with Gasteiger partial charge in [0.05, 0.1) is 12.0 Å². The second-order valence-corrected chi connectivity index (χ2v) is 6.04. The second kappa shape index (κ2) is 5.54. The van der Waals surface area contributed by atoms with Gasteiger partial charge in [0.2, 0.25) is 0 Å². The highest BCUT2D eigenvalue weighted by Gasteiger charge is 2.40. The van der Waals surface area contributed by atoms with Gasteiger partial charge in [-0.05, 0) is 25.7 Å². The van der Waals surface area contributed by atoms with Crippen LogP contribution in [-0.4, -0.2) is 32.8 Å². The lowest BCUT2D eigenvalue weighted by molar-refractivity contribution is -0.142. The minimum atomic E-state index is -4.62. The summed E-state index contributed by atoms with van der Waals surface area (Å²) in [5.41, 5.74) is -1.26. The number of carboxylic acid groups (broad SMARTS) is 1. The van der Waals surface area contributed by atoms with Crippen molar-refractivity contribution >= 4 is 11.9 Å². The zero-order chi connectivity index (χ0) is 16.8. The van der Waals surface area contributed by atoms with E-state index < -0.39 is 35.7 Å². The molecule has 0 radical (unpaired) electrons. The molecule has 1 amide bonds. The van der Waals surface area contributed by atoms with Crippen molar-refractivity contribution < 1.29 is 27.9 Å². The van der Waals surface area contributed by atoms with Crippen LogP contribution in [0.15, 0.2) is 6.07 Å². The lowest BCUT2D eigenvalue weighted by atomic mass is 10.0. The van der Waals surface area contributed by atoms with Crippen molar-refractivity contribution in [1.29, 1.82) is 0 Å². The lowest BCUT2D eigenvalue weighted by Gasteiger charge is -2.17. The van der Waals surface area contributed by atoms with E-state index >= 15 is 0 Å². The fourth-order valence-corrected chi connectivity index (χ4v) is 2.97. The molecule has 0 aliphatic heterocycles. The van der Waals surface area contributed by atoms with Crippen molar-refractivity contribution in [2.24, 2.45) is 5.92 Å². The van der Waals surface area contributed by atoms with Gasteiger partial charge in [-0.2, -0.15) is 18.3 Å². The van der Waals surface area contributed by atoms with Crippen LogP contribution in [-0.2, 0) is 11.0 Å². The topological polar surface area (TPSA) is 84.2 Å². The highest BCUT2D eigenvalue weighted by atomic mass is 19.4. The van der Waals surface area contributed by atoms with Gasteiger partial charge in [0, 0.05) is 12.1 Å². The number of aromatic nitrogens is 2. The summed E-state index contributed by atoms with van der Waals surface area (Å²) in [6.07, 6.45) is -1.63. The molecule has 23 heavy (non-hydrogen) atoms. The molecule has 0 aromatic carbocycles. The van der Waals surface area contributed by atoms with Crippen molar-refractivity contribution in [3.05, 3.63) is 17.5 Å². The van der Waals surface area contributed by atoms with Gasteiger partial charge >= 0.3 is 12.1 Å². The number of nitrogens with zero attached hydrogens (tertiary/aromatic N) is 2. The normalized spacial score (nSPS) is 24.7. The number of amides is 1. The molecule has 126 valence electrons. The van der Waals surface area contributed by atoms with Gasteiger partial charge in [0.1, 0.15) is 5.69 Å². The molecule has 2 aliphatic rings. The van der Waals surface area contributed by atoms with E-state index in [2.05, 4.69) is 10.4 Å². The number of carbonyl (C=O) groups excluding carboxylic acids is 1. The number of carbonyl (C=O) groups is 2. The number of aliphatic carboxylic acids is 1. The van der Waals surface area contributed by atoms with Crippen LogP contribution in [0.4, 0.5) is 13.2 Å². The van der Waals surface area contributed by atoms with Gasteiger partial charge in [-0.15, -0.1) is 0 Å². The zero-order valence-corrected chi connectivity index (χ0v) is 12.1. The van der Waals surface area contributed by atoms with Gasteiger partial charge in [-0.3, -0.25) is 14.3 Å². The van der Waals surface area contributed by atoms with Crippen molar-refractivity contribution in [3.8, 4) is 0 Å². The van der Waals surface area contributed by atoms with Gasteiger partial charge in [0.25, 0.3) is 5.91 Å². The largest absolute Gasteiger partial charge is 0.481 e. The Balaban J connectivity index is 1.81. The molecule has 2 fully saturated rings. The third-order valence-corrected chi connectivity index (χ3v) is 4.30. The summed E-state index contributed by atoms with van der Waals surface area (Å²) in [6, 6.07) is -0.0131. The molecule has 6 nitrogen and oxygen atoms in total. The summed E-state index contributed by atoms with van der Waals surface area (Å²) in [7, 11) is 0. The number of nitrogens with one attached hydrogen (secondary N) is 1. The maximum absolute atomic E-state index is 12.8. The first-order valence-corrected chi connectivity index (χ1v) is 7.48. The molecule has 2 atom stereocenters. The molecule has 2 unspecified atom stereocenters. The van der Waals surface area contributed by atoms with Crippen LogP contribution in [0.1, 0.15) is 54.3 Å². The summed E-state index contributed by atoms with van der Waals surface area (Å²) in [6.45, 7) is 0. The quantitative estimate of drug-likeness (QED) is 0.886. The third kappa shape index (κ3) is 3.18. The minimum Gasteiger partial charge on any atom is -0.481 e. The fourth-order valence-electron chi connectivity index (χ4n) is 2.97. The summed E-state index contributed by atoms with van der Waals surface area (Å²) >= 11 is 0. The Kier molecular flexibility index (Phi) is 3.81. The van der Waals surface area contributed by atoms with Gasteiger partial charge in [-0.1, -0.05) is 6.42 Å². The monoisotopic (exact) mass is 331 g/mol. The summed E-state index contributed by atoms with van der Waals surface area (Å²) in [4.78, 5) is 23.5.